The van der Waals surface area contributed by atoms with Crippen LogP contribution in [0.4, 0.5) is 0 Å². The summed E-state index contributed by atoms with van der Waals surface area (Å²) in [7, 11) is 0. The zero-order chi connectivity index (χ0) is 15.6. The van der Waals surface area contributed by atoms with Gasteiger partial charge >= 0.3 is 5.97 Å². The minimum atomic E-state index is -0.935. The first kappa shape index (κ1) is 14.9. The van der Waals surface area contributed by atoms with E-state index in [9.17, 15) is 4.79 Å². The van der Waals surface area contributed by atoms with E-state index in [-0.39, 0.29) is 0 Å². The highest BCUT2D eigenvalue weighted by Gasteiger charge is 2.36. The average Bonchev–Trinajstić information content (AvgIpc) is 2.46. The van der Waals surface area contributed by atoms with Crippen molar-refractivity contribution in [3.63, 3.8) is 0 Å². The van der Waals surface area contributed by atoms with Crippen molar-refractivity contribution in [1.29, 1.82) is 0 Å². The van der Waals surface area contributed by atoms with Gasteiger partial charge in [0.15, 0.2) is 0 Å². The van der Waals surface area contributed by atoms with Crippen LogP contribution in [0.5, 0.6) is 11.5 Å². The van der Waals surface area contributed by atoms with Crippen molar-refractivity contribution in [3.05, 3.63) is 35.4 Å². The Labute approximate surface area is 131 Å². The SMILES string of the molecule is CC1(C)OC(=O)c2c(OCCC3=CCCCC3)cccc2O1. The molecular weight excluding hydrogens is 280 g/mol. The van der Waals surface area contributed by atoms with Crippen molar-refractivity contribution < 1.29 is 19.0 Å². The molecule has 3 rings (SSSR count). The van der Waals surface area contributed by atoms with Crippen molar-refractivity contribution in [3.8, 4) is 11.5 Å². The molecule has 1 aliphatic carbocycles. The number of carbonyl (C=O) groups excluding carboxylic acids is 1. The number of esters is 1. The molecule has 118 valence electrons. The van der Waals surface area contributed by atoms with Gasteiger partial charge in [-0.05, 0) is 37.8 Å². The first-order chi connectivity index (χ1) is 10.6. The van der Waals surface area contributed by atoms with Crippen molar-refractivity contribution in [2.45, 2.75) is 51.7 Å². The molecule has 0 saturated heterocycles. The number of cyclic esters (lactones) is 1. The Hall–Kier alpha value is -1.97. The number of ether oxygens (including phenoxy) is 3. The smallest absolute Gasteiger partial charge is 0.349 e. The summed E-state index contributed by atoms with van der Waals surface area (Å²) in [4.78, 5) is 12.2. The zero-order valence-corrected chi connectivity index (χ0v) is 13.2. The molecule has 0 bridgehead atoms. The standard InChI is InChI=1S/C18H22O4/c1-18(2)21-15-10-6-9-14(16(15)17(19)22-18)20-12-11-13-7-4-3-5-8-13/h6-7,9-10H,3-5,8,11-12H2,1-2H3. The van der Waals surface area contributed by atoms with E-state index in [1.807, 2.05) is 6.07 Å². The molecule has 4 nitrogen and oxygen atoms in total. The molecule has 0 atom stereocenters. The summed E-state index contributed by atoms with van der Waals surface area (Å²) in [5, 5.41) is 0. The van der Waals surface area contributed by atoms with E-state index in [1.54, 1.807) is 26.0 Å². The summed E-state index contributed by atoms with van der Waals surface area (Å²) in [6, 6.07) is 5.40. The maximum absolute atomic E-state index is 12.2. The molecular formula is C18H22O4. The van der Waals surface area contributed by atoms with Gasteiger partial charge in [-0.2, -0.15) is 0 Å². The second-order valence-electron chi connectivity index (χ2n) is 6.23. The van der Waals surface area contributed by atoms with Crippen LogP contribution in [-0.2, 0) is 4.74 Å². The Morgan fingerprint density at radius 3 is 2.86 bits per heavy atom. The van der Waals surface area contributed by atoms with Crippen LogP contribution in [0.15, 0.2) is 29.8 Å². The van der Waals surface area contributed by atoms with E-state index >= 15 is 0 Å². The third-order valence-electron chi connectivity index (χ3n) is 3.95. The Kier molecular flexibility index (Phi) is 4.10. The van der Waals surface area contributed by atoms with Gasteiger partial charge in [-0.1, -0.05) is 17.7 Å². The molecule has 0 amide bonds. The lowest BCUT2D eigenvalue weighted by Crippen LogP contribution is -2.39. The number of hydrogen-bond acceptors (Lipinski definition) is 4. The van der Waals surface area contributed by atoms with Gasteiger partial charge in [-0.3, -0.25) is 0 Å². The molecule has 0 unspecified atom stereocenters. The molecule has 0 N–H and O–H groups in total. The fourth-order valence-corrected chi connectivity index (χ4v) is 2.90. The number of hydrogen-bond donors (Lipinski definition) is 0. The minimum Gasteiger partial charge on any atom is -0.492 e. The molecule has 0 aromatic heterocycles. The number of carbonyl (C=O) groups is 1. The molecule has 1 aromatic carbocycles. The van der Waals surface area contributed by atoms with Crippen LogP contribution in [0.3, 0.4) is 0 Å². The molecule has 1 aromatic rings. The van der Waals surface area contributed by atoms with Crippen LogP contribution in [0.25, 0.3) is 0 Å². The lowest BCUT2D eigenvalue weighted by molar-refractivity contribution is -0.127. The van der Waals surface area contributed by atoms with Gasteiger partial charge in [0, 0.05) is 20.3 Å². The van der Waals surface area contributed by atoms with Crippen LogP contribution >= 0.6 is 0 Å². The zero-order valence-electron chi connectivity index (χ0n) is 13.2. The molecule has 4 heteroatoms. The summed E-state index contributed by atoms with van der Waals surface area (Å²) in [5.41, 5.74) is 1.84. The molecule has 22 heavy (non-hydrogen) atoms. The van der Waals surface area contributed by atoms with Crippen LogP contribution in [0.1, 0.15) is 56.3 Å². The van der Waals surface area contributed by atoms with E-state index in [4.69, 9.17) is 14.2 Å². The maximum Gasteiger partial charge on any atom is 0.349 e. The van der Waals surface area contributed by atoms with Crippen molar-refractivity contribution in [2.24, 2.45) is 0 Å². The molecule has 2 aliphatic rings. The highest BCUT2D eigenvalue weighted by atomic mass is 16.7. The van der Waals surface area contributed by atoms with Gasteiger partial charge in [-0.25, -0.2) is 4.79 Å². The molecule has 0 saturated carbocycles. The minimum absolute atomic E-state index is 0.388. The van der Waals surface area contributed by atoms with Gasteiger partial charge in [0.05, 0.1) is 6.61 Å². The lowest BCUT2D eigenvalue weighted by atomic mass is 9.98. The monoisotopic (exact) mass is 302 g/mol. The van der Waals surface area contributed by atoms with E-state index < -0.39 is 11.8 Å². The van der Waals surface area contributed by atoms with E-state index in [1.165, 1.54) is 24.8 Å². The van der Waals surface area contributed by atoms with E-state index in [0.29, 0.717) is 23.7 Å². The van der Waals surface area contributed by atoms with Crippen LogP contribution in [0, 0.1) is 0 Å². The first-order valence-electron chi connectivity index (χ1n) is 7.91. The molecule has 0 radical (unpaired) electrons. The first-order valence-corrected chi connectivity index (χ1v) is 7.91. The van der Waals surface area contributed by atoms with Crippen LogP contribution in [0.2, 0.25) is 0 Å². The van der Waals surface area contributed by atoms with Gasteiger partial charge in [0.25, 0.3) is 0 Å². The maximum atomic E-state index is 12.2. The number of allylic oxidation sites excluding steroid dienone is 1. The highest BCUT2D eigenvalue weighted by Crippen LogP contribution is 2.37. The van der Waals surface area contributed by atoms with E-state index in [2.05, 4.69) is 6.08 Å². The predicted octanol–water partition coefficient (Wildman–Crippen LogP) is 4.24. The van der Waals surface area contributed by atoms with Gasteiger partial charge in [0.1, 0.15) is 17.1 Å². The number of fused-ring (bicyclic) bond motifs is 1. The van der Waals surface area contributed by atoms with E-state index in [0.717, 1.165) is 12.8 Å². The fourth-order valence-electron chi connectivity index (χ4n) is 2.90. The Bertz CT molecular complexity index is 601. The van der Waals surface area contributed by atoms with Crippen molar-refractivity contribution in [2.75, 3.05) is 6.61 Å². The average molecular weight is 302 g/mol. The lowest BCUT2D eigenvalue weighted by Gasteiger charge is -2.32. The summed E-state index contributed by atoms with van der Waals surface area (Å²) in [6.45, 7) is 4.01. The Balaban J connectivity index is 1.70. The van der Waals surface area contributed by atoms with Gasteiger partial charge in [-0.15, -0.1) is 0 Å². The van der Waals surface area contributed by atoms with Crippen LogP contribution in [-0.4, -0.2) is 18.4 Å². The topological polar surface area (TPSA) is 44.8 Å². The Morgan fingerprint density at radius 2 is 2.09 bits per heavy atom. The summed E-state index contributed by atoms with van der Waals surface area (Å²) in [6.07, 6.45) is 8.11. The number of rotatable bonds is 4. The van der Waals surface area contributed by atoms with Crippen molar-refractivity contribution in [1.82, 2.24) is 0 Å². The second-order valence-corrected chi connectivity index (χ2v) is 6.23. The summed E-state index contributed by atoms with van der Waals surface area (Å²) < 4.78 is 16.8. The van der Waals surface area contributed by atoms with Crippen molar-refractivity contribution >= 4 is 5.97 Å². The normalized spacial score (nSPS) is 19.5. The largest absolute Gasteiger partial charge is 0.492 e. The molecule has 1 aliphatic heterocycles. The number of benzene rings is 1. The molecule has 0 fully saturated rings. The van der Waals surface area contributed by atoms with Gasteiger partial charge < -0.3 is 14.2 Å². The third-order valence-corrected chi connectivity index (χ3v) is 3.95. The summed E-state index contributed by atoms with van der Waals surface area (Å²) in [5.74, 6) is -0.265. The van der Waals surface area contributed by atoms with Gasteiger partial charge in [0.2, 0.25) is 5.79 Å². The predicted molar refractivity (Wildman–Crippen MR) is 83.2 cm³/mol. The highest BCUT2D eigenvalue weighted by molar-refractivity contribution is 5.96. The molecule has 1 heterocycles. The molecule has 0 spiro atoms. The van der Waals surface area contributed by atoms with Crippen LogP contribution < -0.4 is 9.47 Å². The quantitative estimate of drug-likeness (QED) is 0.616. The fraction of sp³-hybridized carbons (Fsp3) is 0.500. The second kappa shape index (κ2) is 6.03. The Morgan fingerprint density at radius 1 is 1.23 bits per heavy atom. The summed E-state index contributed by atoms with van der Waals surface area (Å²) >= 11 is 0. The third kappa shape index (κ3) is 3.26.